The van der Waals surface area contributed by atoms with E-state index in [1.165, 1.54) is 31.2 Å². The van der Waals surface area contributed by atoms with Gasteiger partial charge in [0.25, 0.3) is 5.56 Å². The van der Waals surface area contributed by atoms with Gasteiger partial charge in [-0.2, -0.15) is 0 Å². The summed E-state index contributed by atoms with van der Waals surface area (Å²) in [6.07, 6.45) is 11.2. The second-order valence-electron chi connectivity index (χ2n) is 9.38. The second-order valence-corrected chi connectivity index (χ2v) is 9.38. The van der Waals surface area contributed by atoms with Gasteiger partial charge in [0.2, 0.25) is 5.75 Å². The number of hydrogen-bond acceptors (Lipinski definition) is 4. The molecule has 0 aliphatic heterocycles. The number of anilines is 1. The summed E-state index contributed by atoms with van der Waals surface area (Å²) in [5, 5.41) is 15.1. The largest absolute Gasteiger partial charge is 0.500 e. The quantitative estimate of drug-likeness (QED) is 0.208. The first-order chi connectivity index (χ1) is 17.2. The van der Waals surface area contributed by atoms with Crippen LogP contribution >= 0.6 is 0 Å². The number of nitrogens with zero attached hydrogens (tertiary/aromatic N) is 1. The van der Waals surface area contributed by atoms with Crippen LogP contribution < -0.4 is 15.6 Å². The van der Waals surface area contributed by atoms with Crippen LogP contribution in [0.25, 0.3) is 10.9 Å². The molecule has 3 aromatic rings. The molecule has 0 spiro atoms. The van der Waals surface area contributed by atoms with Crippen LogP contribution in [0, 0.1) is 0 Å². The first kappa shape index (κ1) is 26.7. The standard InChI is InChI=1S/C30H42N2O3/c1-3-5-7-9-10-14-20-32-27-22-25(31-23-24-16-12-11-13-17-24)18-19-26(27)29(28(33)30(32)34)35-21-15-8-6-4-2/h11-13,16-19,22,31,33H,3-10,14-15,20-21,23H2,1-2H3. The second kappa shape index (κ2) is 14.4. The minimum absolute atomic E-state index is 0.274. The predicted molar refractivity (Wildman–Crippen MR) is 147 cm³/mol. The lowest BCUT2D eigenvalue weighted by atomic mass is 10.1. The molecule has 2 aromatic carbocycles. The van der Waals surface area contributed by atoms with Crippen molar-refractivity contribution < 1.29 is 9.84 Å². The van der Waals surface area contributed by atoms with Crippen molar-refractivity contribution in [1.29, 1.82) is 0 Å². The van der Waals surface area contributed by atoms with Crippen molar-refractivity contribution in [1.82, 2.24) is 4.57 Å². The number of nitrogens with one attached hydrogen (secondary N) is 1. The molecular formula is C30H42N2O3. The number of hydrogen-bond donors (Lipinski definition) is 2. The van der Waals surface area contributed by atoms with Crippen molar-refractivity contribution in [3.63, 3.8) is 0 Å². The number of aromatic hydroxyl groups is 1. The number of fused-ring (bicyclic) bond motifs is 1. The summed E-state index contributed by atoms with van der Waals surface area (Å²) >= 11 is 0. The summed E-state index contributed by atoms with van der Waals surface area (Å²) in [5.74, 6) is 0.0410. The molecule has 1 aromatic heterocycles. The molecular weight excluding hydrogens is 436 g/mol. The summed E-state index contributed by atoms with van der Waals surface area (Å²) in [6.45, 7) is 6.18. The molecule has 190 valence electrons. The van der Waals surface area contributed by atoms with Crippen molar-refractivity contribution in [3.05, 3.63) is 64.4 Å². The monoisotopic (exact) mass is 478 g/mol. The topological polar surface area (TPSA) is 63.5 Å². The molecule has 3 rings (SSSR count). The average Bonchev–Trinajstić information content (AvgIpc) is 2.89. The Balaban J connectivity index is 1.85. The molecule has 0 saturated carbocycles. The molecule has 0 aliphatic rings. The zero-order valence-corrected chi connectivity index (χ0v) is 21.5. The van der Waals surface area contributed by atoms with Gasteiger partial charge in [0.15, 0.2) is 5.75 Å². The van der Waals surface area contributed by atoms with Crippen molar-refractivity contribution in [2.24, 2.45) is 0 Å². The highest BCUT2D eigenvalue weighted by molar-refractivity contribution is 5.90. The van der Waals surface area contributed by atoms with Crippen LogP contribution in [-0.2, 0) is 13.1 Å². The van der Waals surface area contributed by atoms with Gasteiger partial charge in [0.05, 0.1) is 12.1 Å². The fourth-order valence-corrected chi connectivity index (χ4v) is 4.44. The Kier molecular flexibility index (Phi) is 11.0. The van der Waals surface area contributed by atoms with E-state index in [0.29, 0.717) is 25.4 Å². The molecule has 2 N–H and O–H groups in total. The molecule has 0 amide bonds. The maximum Gasteiger partial charge on any atom is 0.297 e. The number of unbranched alkanes of at least 4 members (excludes halogenated alkanes) is 8. The Morgan fingerprint density at radius 2 is 1.54 bits per heavy atom. The molecule has 0 aliphatic carbocycles. The Bertz CT molecular complexity index is 1090. The fourth-order valence-electron chi connectivity index (χ4n) is 4.44. The van der Waals surface area contributed by atoms with Crippen molar-refractivity contribution >= 4 is 16.6 Å². The van der Waals surface area contributed by atoms with Gasteiger partial charge in [-0.25, -0.2) is 0 Å². The Labute approximate surface area is 210 Å². The Hall–Kier alpha value is -2.95. The van der Waals surface area contributed by atoms with Crippen molar-refractivity contribution in [2.75, 3.05) is 11.9 Å². The van der Waals surface area contributed by atoms with Crippen LogP contribution in [0.3, 0.4) is 0 Å². The first-order valence-corrected chi connectivity index (χ1v) is 13.5. The maximum absolute atomic E-state index is 13.2. The van der Waals surface area contributed by atoms with Crippen LogP contribution in [0.1, 0.15) is 83.6 Å². The van der Waals surface area contributed by atoms with Gasteiger partial charge in [0, 0.05) is 24.2 Å². The number of aryl methyl sites for hydroxylation is 1. The summed E-state index contributed by atoms with van der Waals surface area (Å²) in [7, 11) is 0. The Morgan fingerprint density at radius 1 is 0.857 bits per heavy atom. The number of ether oxygens (including phenoxy) is 1. The van der Waals surface area contributed by atoms with Gasteiger partial charge >= 0.3 is 0 Å². The smallest absolute Gasteiger partial charge is 0.297 e. The van der Waals surface area contributed by atoms with Gasteiger partial charge in [0.1, 0.15) is 0 Å². The zero-order valence-electron chi connectivity index (χ0n) is 21.5. The van der Waals surface area contributed by atoms with Crippen molar-refractivity contribution in [3.8, 4) is 11.5 Å². The highest BCUT2D eigenvalue weighted by Gasteiger charge is 2.18. The Morgan fingerprint density at radius 3 is 2.29 bits per heavy atom. The molecule has 0 atom stereocenters. The summed E-state index contributed by atoms with van der Waals surface area (Å²) in [4.78, 5) is 13.2. The van der Waals surface area contributed by atoms with Gasteiger partial charge in [-0.1, -0.05) is 95.5 Å². The van der Waals surface area contributed by atoms with Gasteiger partial charge in [-0.05, 0) is 36.6 Å². The normalized spacial score (nSPS) is 11.1. The van der Waals surface area contributed by atoms with E-state index in [9.17, 15) is 9.90 Å². The van der Waals surface area contributed by atoms with Gasteiger partial charge in [-0.3, -0.25) is 4.79 Å². The fraction of sp³-hybridized carbons (Fsp3) is 0.500. The first-order valence-electron chi connectivity index (χ1n) is 13.5. The molecule has 0 unspecified atom stereocenters. The molecule has 35 heavy (non-hydrogen) atoms. The van der Waals surface area contributed by atoms with E-state index in [0.717, 1.165) is 55.1 Å². The molecule has 0 radical (unpaired) electrons. The van der Waals surface area contributed by atoms with E-state index in [1.54, 1.807) is 4.57 Å². The lowest BCUT2D eigenvalue weighted by Crippen LogP contribution is -2.21. The molecule has 0 fully saturated rings. The third-order valence-electron chi connectivity index (χ3n) is 6.51. The van der Waals surface area contributed by atoms with Gasteiger partial charge in [-0.15, -0.1) is 0 Å². The minimum atomic E-state index is -0.366. The summed E-state index contributed by atoms with van der Waals surface area (Å²) in [5.41, 5.74) is 2.58. The highest BCUT2D eigenvalue weighted by atomic mass is 16.5. The number of benzene rings is 2. The van der Waals surface area contributed by atoms with Crippen molar-refractivity contribution in [2.45, 2.75) is 91.1 Å². The van der Waals surface area contributed by atoms with E-state index in [-0.39, 0.29) is 11.3 Å². The van der Waals surface area contributed by atoms with E-state index in [1.807, 2.05) is 36.4 Å². The number of aromatic nitrogens is 1. The summed E-state index contributed by atoms with van der Waals surface area (Å²) < 4.78 is 7.71. The number of rotatable bonds is 16. The molecule has 5 nitrogen and oxygen atoms in total. The third kappa shape index (κ3) is 7.78. The predicted octanol–water partition coefficient (Wildman–Crippen LogP) is 7.64. The zero-order chi connectivity index (χ0) is 24.9. The molecule has 0 bridgehead atoms. The van der Waals surface area contributed by atoms with Crippen LogP contribution in [-0.4, -0.2) is 16.3 Å². The molecule has 5 heteroatoms. The van der Waals surface area contributed by atoms with Crippen LogP contribution in [0.15, 0.2) is 53.3 Å². The van der Waals surface area contributed by atoms with Gasteiger partial charge < -0.3 is 19.7 Å². The third-order valence-corrected chi connectivity index (χ3v) is 6.51. The van der Waals surface area contributed by atoms with E-state index >= 15 is 0 Å². The molecule has 1 heterocycles. The lowest BCUT2D eigenvalue weighted by molar-refractivity contribution is 0.290. The SMILES string of the molecule is CCCCCCCCn1c(=O)c(O)c(OCCCCCC)c2ccc(NCc3ccccc3)cc21. The minimum Gasteiger partial charge on any atom is -0.500 e. The van der Waals surface area contributed by atoms with Crippen LogP contribution in [0.2, 0.25) is 0 Å². The highest BCUT2D eigenvalue weighted by Crippen LogP contribution is 2.34. The lowest BCUT2D eigenvalue weighted by Gasteiger charge is -2.17. The summed E-state index contributed by atoms with van der Waals surface area (Å²) in [6, 6.07) is 16.2. The van der Waals surface area contributed by atoms with E-state index < -0.39 is 0 Å². The molecule has 0 saturated heterocycles. The maximum atomic E-state index is 13.2. The number of pyridine rings is 1. The van der Waals surface area contributed by atoms with E-state index in [4.69, 9.17) is 4.74 Å². The van der Waals surface area contributed by atoms with E-state index in [2.05, 4.69) is 31.3 Å². The average molecular weight is 479 g/mol. The van der Waals surface area contributed by atoms with Crippen LogP contribution in [0.4, 0.5) is 5.69 Å². The van der Waals surface area contributed by atoms with Crippen LogP contribution in [0.5, 0.6) is 11.5 Å².